The fourth-order valence-electron chi connectivity index (χ4n) is 2.87. The summed E-state index contributed by atoms with van der Waals surface area (Å²) < 4.78 is 0. The maximum atomic E-state index is 2.34. The van der Waals surface area contributed by atoms with Crippen molar-refractivity contribution in [1.82, 2.24) is 0 Å². The maximum absolute atomic E-state index is 2.34. The van der Waals surface area contributed by atoms with Gasteiger partial charge in [0.15, 0.2) is 0 Å². The Kier molecular flexibility index (Phi) is 22.7. The van der Waals surface area contributed by atoms with E-state index in [0.29, 0.717) is 0 Å². The van der Waals surface area contributed by atoms with E-state index in [4.69, 9.17) is 0 Å². The minimum absolute atomic E-state index is 0. The van der Waals surface area contributed by atoms with Crippen molar-refractivity contribution < 1.29 is 51.0 Å². The third kappa shape index (κ3) is 13.0. The molecule has 2 aromatic rings. The zero-order valence-corrected chi connectivity index (χ0v) is 20.3. The molecule has 0 aliphatic heterocycles. The predicted molar refractivity (Wildman–Crippen MR) is 100 cm³/mol. The molecule has 0 saturated heterocycles. The molecule has 140 valence electrons. The largest absolute Gasteiger partial charge is 4.00 e. The Balaban J connectivity index is -0.000000346. The molecule has 0 fully saturated rings. The van der Waals surface area contributed by atoms with Crippen LogP contribution in [0.15, 0.2) is 36.4 Å². The Morgan fingerprint density at radius 1 is 0.640 bits per heavy atom. The van der Waals surface area contributed by atoms with Gasteiger partial charge in [0.1, 0.15) is 0 Å². The molecule has 25 heavy (non-hydrogen) atoms. The smallest absolute Gasteiger partial charge is 1.00 e. The number of hydrogen-bond donors (Lipinski definition) is 0. The van der Waals surface area contributed by atoms with Gasteiger partial charge in [-0.05, 0) is 0 Å². The summed E-state index contributed by atoms with van der Waals surface area (Å²) in [4.78, 5) is 0. The van der Waals surface area contributed by atoms with Gasteiger partial charge in [0.25, 0.3) is 0 Å². The van der Waals surface area contributed by atoms with E-state index in [9.17, 15) is 0 Å². The molecular formula is C22H34Cl2Zr. The molecule has 0 saturated carbocycles. The van der Waals surface area contributed by atoms with Crippen LogP contribution in [-0.4, -0.2) is 0 Å². The number of hydrogen-bond acceptors (Lipinski definition) is 0. The van der Waals surface area contributed by atoms with Gasteiger partial charge in [-0.15, -0.1) is 0 Å². The molecule has 0 amide bonds. The van der Waals surface area contributed by atoms with Gasteiger partial charge in [0.2, 0.25) is 0 Å². The van der Waals surface area contributed by atoms with Crippen LogP contribution in [0.4, 0.5) is 0 Å². The second-order valence-corrected chi connectivity index (χ2v) is 6.26. The van der Waals surface area contributed by atoms with Crippen molar-refractivity contribution in [3.63, 3.8) is 0 Å². The van der Waals surface area contributed by atoms with Crippen LogP contribution in [0.3, 0.4) is 0 Å². The molecule has 0 radical (unpaired) electrons. The van der Waals surface area contributed by atoms with Crippen molar-refractivity contribution >= 4 is 0 Å². The molecule has 0 spiro atoms. The molecule has 0 nitrogen and oxygen atoms in total. The van der Waals surface area contributed by atoms with E-state index in [-0.39, 0.29) is 51.0 Å². The molecule has 0 N–H and O–H groups in total. The summed E-state index contributed by atoms with van der Waals surface area (Å²) in [7, 11) is 0. The van der Waals surface area contributed by atoms with Gasteiger partial charge < -0.3 is 24.8 Å². The van der Waals surface area contributed by atoms with E-state index in [2.05, 4.69) is 64.1 Å². The zero-order valence-electron chi connectivity index (χ0n) is 16.4. The molecule has 0 bridgehead atoms. The van der Waals surface area contributed by atoms with Crippen LogP contribution in [0.25, 0.3) is 0 Å². The van der Waals surface area contributed by atoms with E-state index in [1.807, 2.05) is 0 Å². The first-order valence-corrected chi connectivity index (χ1v) is 9.22. The monoisotopic (exact) mass is 458 g/mol. The molecule has 0 aliphatic rings. The van der Waals surface area contributed by atoms with Crippen LogP contribution in [0.2, 0.25) is 0 Å². The van der Waals surface area contributed by atoms with Crippen LogP contribution in [0.1, 0.15) is 75.6 Å². The van der Waals surface area contributed by atoms with Crippen LogP contribution < -0.4 is 24.8 Å². The second kappa shape index (κ2) is 18.9. The third-order valence-electron chi connectivity index (χ3n) is 3.92. The van der Waals surface area contributed by atoms with Gasteiger partial charge in [-0.3, -0.25) is 0 Å². The number of halogens is 2. The zero-order chi connectivity index (χ0) is 16.2. The van der Waals surface area contributed by atoms with Crippen LogP contribution in [0.5, 0.6) is 0 Å². The molecule has 0 heterocycles. The van der Waals surface area contributed by atoms with Gasteiger partial charge >= 0.3 is 26.2 Å². The Labute approximate surface area is 187 Å². The minimum atomic E-state index is 0. The van der Waals surface area contributed by atoms with Crippen LogP contribution in [-0.2, 0) is 51.9 Å². The first kappa shape index (κ1) is 29.9. The Hall–Kier alpha value is 0.163. The van der Waals surface area contributed by atoms with E-state index in [1.54, 1.807) is 0 Å². The average Bonchev–Trinajstić information content (AvgIpc) is 3.12. The van der Waals surface area contributed by atoms with E-state index in [1.165, 1.54) is 73.6 Å². The summed E-state index contributed by atoms with van der Waals surface area (Å²) >= 11 is 0. The fraction of sp³-hybridized carbons (Fsp3) is 0.545. The molecule has 3 heteroatoms. The van der Waals surface area contributed by atoms with Gasteiger partial charge in [-0.2, -0.15) is 46.5 Å². The molecule has 2 aromatic carbocycles. The summed E-state index contributed by atoms with van der Waals surface area (Å²) in [5.74, 6) is 0. The molecule has 0 aliphatic carbocycles. The first-order valence-electron chi connectivity index (χ1n) is 9.22. The van der Waals surface area contributed by atoms with Crippen LogP contribution >= 0.6 is 0 Å². The first-order chi connectivity index (χ1) is 10.7. The minimum Gasteiger partial charge on any atom is -1.00 e. The van der Waals surface area contributed by atoms with Crippen LogP contribution in [0, 0.1) is 0 Å². The SMILES string of the molecule is CCCc1cc[c-](CCC)c1.CCCc1cc[c-](CCC)c1.[Cl-].[Cl-].[Zr+4]. The Morgan fingerprint density at radius 2 is 1.00 bits per heavy atom. The fourth-order valence-corrected chi connectivity index (χ4v) is 2.87. The topological polar surface area (TPSA) is 0 Å². The molecule has 2 rings (SSSR count). The third-order valence-corrected chi connectivity index (χ3v) is 3.92. The maximum Gasteiger partial charge on any atom is 4.00 e. The summed E-state index contributed by atoms with van der Waals surface area (Å²) in [6.45, 7) is 8.91. The molecule has 0 unspecified atom stereocenters. The molecular weight excluding hydrogens is 426 g/mol. The average molecular weight is 461 g/mol. The predicted octanol–water partition coefficient (Wildman–Crippen LogP) is 0.627. The second-order valence-electron chi connectivity index (χ2n) is 6.26. The van der Waals surface area contributed by atoms with Crippen molar-refractivity contribution in [2.45, 2.75) is 79.1 Å². The number of rotatable bonds is 8. The van der Waals surface area contributed by atoms with Gasteiger partial charge in [0.05, 0.1) is 0 Å². The Morgan fingerprint density at radius 3 is 1.28 bits per heavy atom. The number of aryl methyl sites for hydroxylation is 4. The van der Waals surface area contributed by atoms with E-state index >= 15 is 0 Å². The van der Waals surface area contributed by atoms with Crippen molar-refractivity contribution in [3.05, 3.63) is 58.7 Å². The van der Waals surface area contributed by atoms with Crippen molar-refractivity contribution in [2.24, 2.45) is 0 Å². The summed E-state index contributed by atoms with van der Waals surface area (Å²) in [5.41, 5.74) is 6.04. The molecule has 0 aromatic heterocycles. The molecule has 0 atom stereocenters. The van der Waals surface area contributed by atoms with E-state index in [0.717, 1.165) is 0 Å². The quantitative estimate of drug-likeness (QED) is 0.507. The standard InChI is InChI=1S/2C11H17.2ClH.Zr/c2*1-3-5-10-7-8-11(9-10)6-4-2;;;/h2*7-9H,3-6H2,1-2H3;2*1H;/q2*-1;;;+4/p-2. The van der Waals surface area contributed by atoms with E-state index < -0.39 is 0 Å². The summed E-state index contributed by atoms with van der Waals surface area (Å²) in [6, 6.07) is 13.7. The van der Waals surface area contributed by atoms with Gasteiger partial charge in [0, 0.05) is 0 Å². The van der Waals surface area contributed by atoms with Gasteiger partial charge in [-0.25, -0.2) is 12.1 Å². The van der Waals surface area contributed by atoms with Crippen molar-refractivity contribution in [1.29, 1.82) is 0 Å². The summed E-state index contributed by atoms with van der Waals surface area (Å²) in [5, 5.41) is 0. The van der Waals surface area contributed by atoms with Crippen molar-refractivity contribution in [2.75, 3.05) is 0 Å². The van der Waals surface area contributed by atoms with Crippen molar-refractivity contribution in [3.8, 4) is 0 Å². The normalized spacial score (nSPS) is 9.12. The summed E-state index contributed by atoms with van der Waals surface area (Å²) in [6.07, 6.45) is 10.00. The Bertz CT molecular complexity index is 412. The van der Waals surface area contributed by atoms with Gasteiger partial charge in [-0.1, -0.05) is 79.1 Å².